The molecule has 0 atom stereocenters. The molecule has 0 heterocycles. The molecule has 0 N–H and O–H groups in total. The number of rotatable bonds is 4. The fraction of sp³-hybridized carbons (Fsp3) is 0.273. The van der Waals surface area contributed by atoms with Gasteiger partial charge in [0.15, 0.2) is 0 Å². The first-order valence-electron chi connectivity index (χ1n) is 4.74. The number of nitrogens with zero attached hydrogens (tertiary/aromatic N) is 1. The van der Waals surface area contributed by atoms with Crippen LogP contribution < -0.4 is 0 Å². The van der Waals surface area contributed by atoms with Crippen molar-refractivity contribution in [1.82, 2.24) is 0 Å². The monoisotopic (exact) mass is 225 g/mol. The lowest BCUT2D eigenvalue weighted by Gasteiger charge is -1.99. The van der Waals surface area contributed by atoms with E-state index < -0.39 is 0 Å². The first-order chi connectivity index (χ1) is 7.15. The molecule has 0 aliphatic heterocycles. The maximum atomic E-state index is 10.7. The number of halogens is 1. The highest BCUT2D eigenvalue weighted by atomic mass is 35.5. The second-order valence-corrected chi connectivity index (χ2v) is 3.57. The number of hydrogen-bond donors (Lipinski definition) is 0. The van der Waals surface area contributed by atoms with E-state index in [1.807, 2.05) is 6.92 Å². The predicted molar refractivity (Wildman–Crippen MR) is 61.3 cm³/mol. The van der Waals surface area contributed by atoms with Crippen molar-refractivity contribution < 1.29 is 4.92 Å². The summed E-state index contributed by atoms with van der Waals surface area (Å²) in [4.78, 5) is 10.3. The Balaban J connectivity index is 3.02. The van der Waals surface area contributed by atoms with E-state index in [-0.39, 0.29) is 10.6 Å². The second-order valence-electron chi connectivity index (χ2n) is 3.16. The van der Waals surface area contributed by atoms with Crippen LogP contribution in [0.4, 0.5) is 0 Å². The normalized spacial score (nSPS) is 11.5. The quantitative estimate of drug-likeness (QED) is 0.579. The van der Waals surface area contributed by atoms with E-state index in [0.717, 1.165) is 6.42 Å². The summed E-state index contributed by atoms with van der Waals surface area (Å²) in [5.41, 5.74) is 0.893. The lowest BCUT2D eigenvalue weighted by Crippen LogP contribution is -1.98. The van der Waals surface area contributed by atoms with Crippen LogP contribution in [0.25, 0.3) is 6.08 Å². The molecule has 0 spiro atoms. The predicted octanol–water partition coefficient (Wildman–Crippen LogP) is 3.76. The highest BCUT2D eigenvalue weighted by molar-refractivity contribution is 6.32. The summed E-state index contributed by atoms with van der Waals surface area (Å²) in [5, 5.41) is 11.2. The molecule has 1 aromatic rings. The van der Waals surface area contributed by atoms with Crippen LogP contribution in [-0.4, -0.2) is 4.92 Å². The molecule has 0 amide bonds. The molecule has 3 nitrogen and oxygen atoms in total. The van der Waals surface area contributed by atoms with Crippen LogP contribution in [0.15, 0.2) is 30.0 Å². The van der Waals surface area contributed by atoms with E-state index in [2.05, 4.69) is 0 Å². The Kier molecular flexibility index (Phi) is 4.31. The van der Waals surface area contributed by atoms with Crippen LogP contribution in [-0.2, 0) is 0 Å². The fourth-order valence-electron chi connectivity index (χ4n) is 1.24. The van der Waals surface area contributed by atoms with E-state index in [1.54, 1.807) is 24.3 Å². The molecule has 1 rings (SSSR count). The van der Waals surface area contributed by atoms with E-state index in [4.69, 9.17) is 11.6 Å². The lowest BCUT2D eigenvalue weighted by atomic mass is 10.1. The Morgan fingerprint density at radius 3 is 2.73 bits per heavy atom. The molecular formula is C11H12ClNO2. The number of nitro groups is 1. The molecule has 0 aliphatic rings. The average Bonchev–Trinajstić information content (AvgIpc) is 2.20. The van der Waals surface area contributed by atoms with Gasteiger partial charge in [-0.2, -0.15) is 0 Å². The highest BCUT2D eigenvalue weighted by Gasteiger charge is 2.09. The minimum atomic E-state index is -0.354. The molecule has 0 fully saturated rings. The van der Waals surface area contributed by atoms with Crippen molar-refractivity contribution in [3.8, 4) is 0 Å². The standard InChI is InChI=1S/C11H12ClNO2/c1-2-5-10(13(14)15)8-9-6-3-4-7-11(9)12/h3-4,6-8H,2,5H2,1H3. The van der Waals surface area contributed by atoms with Gasteiger partial charge in [0.05, 0.1) is 4.92 Å². The van der Waals surface area contributed by atoms with Crippen molar-refractivity contribution in [2.24, 2.45) is 0 Å². The van der Waals surface area contributed by atoms with Gasteiger partial charge in [-0.25, -0.2) is 0 Å². The molecule has 0 bridgehead atoms. The Morgan fingerprint density at radius 1 is 1.53 bits per heavy atom. The van der Waals surface area contributed by atoms with Crippen LogP contribution >= 0.6 is 11.6 Å². The summed E-state index contributed by atoms with van der Waals surface area (Å²) in [6, 6.07) is 7.09. The Morgan fingerprint density at radius 2 is 2.20 bits per heavy atom. The third kappa shape index (κ3) is 3.36. The van der Waals surface area contributed by atoms with Crippen LogP contribution in [0.1, 0.15) is 25.3 Å². The van der Waals surface area contributed by atoms with E-state index in [1.165, 1.54) is 6.08 Å². The van der Waals surface area contributed by atoms with Crippen molar-refractivity contribution in [1.29, 1.82) is 0 Å². The van der Waals surface area contributed by atoms with E-state index >= 15 is 0 Å². The maximum absolute atomic E-state index is 10.7. The largest absolute Gasteiger partial charge is 0.259 e. The van der Waals surface area contributed by atoms with Crippen molar-refractivity contribution in [2.75, 3.05) is 0 Å². The van der Waals surface area contributed by atoms with Gasteiger partial charge in [-0.1, -0.05) is 36.7 Å². The van der Waals surface area contributed by atoms with Gasteiger partial charge in [-0.05, 0) is 18.1 Å². The number of hydrogen-bond acceptors (Lipinski definition) is 2. The average molecular weight is 226 g/mol. The first kappa shape index (κ1) is 11.7. The molecular weight excluding hydrogens is 214 g/mol. The Hall–Kier alpha value is -1.35. The summed E-state index contributed by atoms with van der Waals surface area (Å²) in [6.45, 7) is 1.91. The second kappa shape index (κ2) is 5.51. The van der Waals surface area contributed by atoms with Gasteiger partial charge < -0.3 is 0 Å². The van der Waals surface area contributed by atoms with Gasteiger partial charge in [-0.3, -0.25) is 10.1 Å². The molecule has 1 aromatic carbocycles. The summed E-state index contributed by atoms with van der Waals surface area (Å²) in [6.07, 6.45) is 2.74. The van der Waals surface area contributed by atoms with E-state index in [0.29, 0.717) is 17.0 Å². The van der Waals surface area contributed by atoms with Crippen LogP contribution in [0.5, 0.6) is 0 Å². The van der Waals surface area contributed by atoms with E-state index in [9.17, 15) is 10.1 Å². The van der Waals surface area contributed by atoms with Gasteiger partial charge in [-0.15, -0.1) is 0 Å². The Bertz CT molecular complexity index is 388. The third-order valence-electron chi connectivity index (χ3n) is 1.97. The van der Waals surface area contributed by atoms with Crippen molar-refractivity contribution in [2.45, 2.75) is 19.8 Å². The molecule has 0 unspecified atom stereocenters. The van der Waals surface area contributed by atoms with Gasteiger partial charge in [0, 0.05) is 17.5 Å². The Labute approximate surface area is 93.5 Å². The molecule has 0 aliphatic carbocycles. The highest BCUT2D eigenvalue weighted by Crippen LogP contribution is 2.19. The van der Waals surface area contributed by atoms with Gasteiger partial charge in [0.2, 0.25) is 5.70 Å². The summed E-state index contributed by atoms with van der Waals surface area (Å²) < 4.78 is 0. The number of benzene rings is 1. The van der Waals surface area contributed by atoms with Crippen molar-refractivity contribution in [3.05, 3.63) is 50.7 Å². The zero-order valence-corrected chi connectivity index (χ0v) is 9.20. The summed E-state index contributed by atoms with van der Waals surface area (Å²) in [5.74, 6) is 0. The first-order valence-corrected chi connectivity index (χ1v) is 5.12. The zero-order chi connectivity index (χ0) is 11.3. The molecule has 80 valence electrons. The van der Waals surface area contributed by atoms with Crippen molar-refractivity contribution >= 4 is 17.7 Å². The molecule has 0 radical (unpaired) electrons. The van der Waals surface area contributed by atoms with Gasteiger partial charge in [0.25, 0.3) is 0 Å². The van der Waals surface area contributed by atoms with Crippen LogP contribution in [0.3, 0.4) is 0 Å². The molecule has 15 heavy (non-hydrogen) atoms. The minimum Gasteiger partial charge on any atom is -0.259 e. The van der Waals surface area contributed by atoms with Gasteiger partial charge >= 0.3 is 0 Å². The summed E-state index contributed by atoms with van der Waals surface area (Å²) >= 11 is 5.91. The molecule has 4 heteroatoms. The SMILES string of the molecule is CCCC(=Cc1ccccc1Cl)[N+](=O)[O-]. The topological polar surface area (TPSA) is 43.1 Å². The molecule has 0 saturated carbocycles. The van der Waals surface area contributed by atoms with Crippen LogP contribution in [0.2, 0.25) is 5.02 Å². The molecule has 0 saturated heterocycles. The maximum Gasteiger partial charge on any atom is 0.246 e. The van der Waals surface area contributed by atoms with Gasteiger partial charge in [0.1, 0.15) is 0 Å². The summed E-state index contributed by atoms with van der Waals surface area (Å²) in [7, 11) is 0. The fourth-order valence-corrected chi connectivity index (χ4v) is 1.43. The zero-order valence-electron chi connectivity index (χ0n) is 8.44. The molecule has 0 aromatic heterocycles. The van der Waals surface area contributed by atoms with Crippen molar-refractivity contribution in [3.63, 3.8) is 0 Å². The lowest BCUT2D eigenvalue weighted by molar-refractivity contribution is -0.426. The third-order valence-corrected chi connectivity index (χ3v) is 2.31. The van der Waals surface area contributed by atoms with Crippen LogP contribution in [0, 0.1) is 10.1 Å². The minimum absolute atomic E-state index is 0.200. The number of allylic oxidation sites excluding steroid dienone is 1. The smallest absolute Gasteiger partial charge is 0.246 e.